The summed E-state index contributed by atoms with van der Waals surface area (Å²) in [5.41, 5.74) is 1.05. The van der Waals surface area contributed by atoms with E-state index in [0.29, 0.717) is 10.8 Å². The predicted molar refractivity (Wildman–Crippen MR) is 48.9 cm³/mol. The summed E-state index contributed by atoms with van der Waals surface area (Å²) in [6.45, 7) is 4.83. The summed E-state index contributed by atoms with van der Waals surface area (Å²) in [6.07, 6.45) is 5.63. The molecule has 2 bridgehead atoms. The monoisotopic (exact) mass is 172 g/mol. The zero-order chi connectivity index (χ0) is 8.11. The molecule has 0 aromatic heterocycles. The average Bonchev–Trinajstić information content (AvgIpc) is 2.39. The van der Waals surface area contributed by atoms with Crippen molar-refractivity contribution in [3.05, 3.63) is 0 Å². The van der Waals surface area contributed by atoms with Crippen LogP contribution in [0.2, 0.25) is 0 Å². The Morgan fingerprint density at radius 2 is 1.82 bits per heavy atom. The second-order valence-electron chi connectivity index (χ2n) is 4.91. The molecule has 2 saturated carbocycles. The molecule has 0 aromatic rings. The van der Waals surface area contributed by atoms with Crippen LogP contribution in [0.15, 0.2) is 0 Å². The van der Waals surface area contributed by atoms with Crippen molar-refractivity contribution >= 4 is 11.6 Å². The molecular formula is C10H17Cl. The minimum absolute atomic E-state index is 0.513. The van der Waals surface area contributed by atoms with E-state index in [-0.39, 0.29) is 0 Å². The van der Waals surface area contributed by atoms with Crippen LogP contribution in [-0.4, -0.2) is 5.88 Å². The summed E-state index contributed by atoms with van der Waals surface area (Å²) in [5, 5.41) is 0. The van der Waals surface area contributed by atoms with Crippen molar-refractivity contribution in [1.29, 1.82) is 0 Å². The second-order valence-corrected chi connectivity index (χ2v) is 5.18. The van der Waals surface area contributed by atoms with Crippen LogP contribution in [0, 0.1) is 16.7 Å². The van der Waals surface area contributed by atoms with Crippen LogP contribution in [0.5, 0.6) is 0 Å². The Bertz CT molecular complexity index is 164. The van der Waals surface area contributed by atoms with E-state index < -0.39 is 0 Å². The lowest BCUT2D eigenvalue weighted by molar-refractivity contribution is 0.156. The fourth-order valence-corrected chi connectivity index (χ4v) is 3.89. The highest BCUT2D eigenvalue weighted by atomic mass is 35.5. The van der Waals surface area contributed by atoms with Crippen molar-refractivity contribution in [2.75, 3.05) is 5.88 Å². The van der Waals surface area contributed by atoms with Crippen LogP contribution in [0.25, 0.3) is 0 Å². The van der Waals surface area contributed by atoms with Gasteiger partial charge in [0, 0.05) is 5.88 Å². The third-order valence-electron chi connectivity index (χ3n) is 4.59. The fraction of sp³-hybridized carbons (Fsp3) is 1.00. The molecule has 2 fully saturated rings. The zero-order valence-electron chi connectivity index (χ0n) is 7.49. The van der Waals surface area contributed by atoms with Crippen molar-refractivity contribution < 1.29 is 0 Å². The maximum Gasteiger partial charge on any atom is 0.0285 e. The SMILES string of the molecule is CC1(C)C2CCC1(CCl)CC2. The van der Waals surface area contributed by atoms with Gasteiger partial charge in [-0.05, 0) is 42.4 Å². The molecule has 0 radical (unpaired) electrons. The maximum absolute atomic E-state index is 6.08. The molecule has 0 spiro atoms. The molecule has 0 heterocycles. The van der Waals surface area contributed by atoms with Crippen molar-refractivity contribution in [2.24, 2.45) is 16.7 Å². The first kappa shape index (κ1) is 7.91. The average molecular weight is 173 g/mol. The van der Waals surface area contributed by atoms with Crippen LogP contribution < -0.4 is 0 Å². The van der Waals surface area contributed by atoms with E-state index >= 15 is 0 Å². The fourth-order valence-electron chi connectivity index (χ4n) is 3.28. The Morgan fingerprint density at radius 3 is 2.00 bits per heavy atom. The van der Waals surface area contributed by atoms with Gasteiger partial charge in [-0.3, -0.25) is 0 Å². The van der Waals surface area contributed by atoms with E-state index in [0.717, 1.165) is 11.8 Å². The smallest absolute Gasteiger partial charge is 0.0285 e. The van der Waals surface area contributed by atoms with Gasteiger partial charge in [-0.1, -0.05) is 13.8 Å². The number of halogens is 1. The molecule has 0 saturated heterocycles. The molecule has 0 nitrogen and oxygen atoms in total. The van der Waals surface area contributed by atoms with Crippen LogP contribution in [0.3, 0.4) is 0 Å². The Hall–Kier alpha value is 0.290. The Morgan fingerprint density at radius 1 is 1.27 bits per heavy atom. The summed E-state index contributed by atoms with van der Waals surface area (Å²) in [7, 11) is 0. The lowest BCUT2D eigenvalue weighted by Crippen LogP contribution is -2.31. The minimum Gasteiger partial charge on any atom is -0.126 e. The summed E-state index contributed by atoms with van der Waals surface area (Å²) in [6, 6.07) is 0. The molecule has 0 unspecified atom stereocenters. The van der Waals surface area contributed by atoms with Crippen molar-refractivity contribution in [3.8, 4) is 0 Å². The highest BCUT2D eigenvalue weighted by molar-refractivity contribution is 6.18. The highest BCUT2D eigenvalue weighted by Gasteiger charge is 2.57. The van der Waals surface area contributed by atoms with E-state index in [2.05, 4.69) is 13.8 Å². The molecule has 0 atom stereocenters. The van der Waals surface area contributed by atoms with Gasteiger partial charge in [0.1, 0.15) is 0 Å². The van der Waals surface area contributed by atoms with E-state index in [1.54, 1.807) is 0 Å². The number of fused-ring (bicyclic) bond motifs is 2. The normalized spacial score (nSPS) is 46.6. The lowest BCUT2D eigenvalue weighted by Gasteiger charge is -2.36. The molecule has 0 aliphatic heterocycles. The molecule has 1 heteroatoms. The zero-order valence-corrected chi connectivity index (χ0v) is 8.25. The van der Waals surface area contributed by atoms with Crippen molar-refractivity contribution in [3.63, 3.8) is 0 Å². The molecular weight excluding hydrogens is 156 g/mol. The molecule has 0 amide bonds. The topological polar surface area (TPSA) is 0 Å². The van der Waals surface area contributed by atoms with Gasteiger partial charge in [-0.15, -0.1) is 11.6 Å². The molecule has 0 N–H and O–H groups in total. The number of hydrogen-bond donors (Lipinski definition) is 0. The third-order valence-corrected chi connectivity index (χ3v) is 5.10. The van der Waals surface area contributed by atoms with E-state index in [4.69, 9.17) is 11.6 Å². The number of rotatable bonds is 1. The number of hydrogen-bond acceptors (Lipinski definition) is 0. The first-order valence-electron chi connectivity index (χ1n) is 4.68. The first-order valence-corrected chi connectivity index (χ1v) is 5.22. The van der Waals surface area contributed by atoms with Gasteiger partial charge in [0.05, 0.1) is 0 Å². The van der Waals surface area contributed by atoms with Crippen molar-refractivity contribution in [1.82, 2.24) is 0 Å². The predicted octanol–water partition coefficient (Wildman–Crippen LogP) is 3.44. The highest BCUT2D eigenvalue weighted by Crippen LogP contribution is 2.65. The van der Waals surface area contributed by atoms with Gasteiger partial charge in [0.2, 0.25) is 0 Å². The quantitative estimate of drug-likeness (QED) is 0.532. The third kappa shape index (κ3) is 0.771. The Kier molecular flexibility index (Phi) is 1.55. The largest absolute Gasteiger partial charge is 0.126 e. The van der Waals surface area contributed by atoms with Crippen LogP contribution in [-0.2, 0) is 0 Å². The summed E-state index contributed by atoms with van der Waals surface area (Å²) >= 11 is 6.08. The van der Waals surface area contributed by atoms with Crippen molar-refractivity contribution in [2.45, 2.75) is 39.5 Å². The Balaban J connectivity index is 2.34. The van der Waals surface area contributed by atoms with Crippen LogP contribution in [0.4, 0.5) is 0 Å². The number of alkyl halides is 1. The summed E-state index contributed by atoms with van der Waals surface area (Å²) in [4.78, 5) is 0. The molecule has 11 heavy (non-hydrogen) atoms. The molecule has 2 aliphatic rings. The standard InChI is InChI=1S/C10H17Cl/c1-9(2)8-3-5-10(9,7-11)6-4-8/h8H,3-7H2,1-2H3. The maximum atomic E-state index is 6.08. The summed E-state index contributed by atoms with van der Waals surface area (Å²) in [5.74, 6) is 1.86. The molecule has 2 aliphatic carbocycles. The van der Waals surface area contributed by atoms with E-state index in [9.17, 15) is 0 Å². The van der Waals surface area contributed by atoms with Crippen LogP contribution in [0.1, 0.15) is 39.5 Å². The van der Waals surface area contributed by atoms with Gasteiger partial charge >= 0.3 is 0 Å². The van der Waals surface area contributed by atoms with Gasteiger partial charge in [0.15, 0.2) is 0 Å². The minimum atomic E-state index is 0.513. The van der Waals surface area contributed by atoms with E-state index in [1.807, 2.05) is 0 Å². The van der Waals surface area contributed by atoms with Gasteiger partial charge in [0.25, 0.3) is 0 Å². The van der Waals surface area contributed by atoms with E-state index in [1.165, 1.54) is 25.7 Å². The summed E-state index contributed by atoms with van der Waals surface area (Å²) < 4.78 is 0. The van der Waals surface area contributed by atoms with Gasteiger partial charge < -0.3 is 0 Å². The molecule has 64 valence electrons. The van der Waals surface area contributed by atoms with Crippen LogP contribution >= 0.6 is 11.6 Å². The molecule has 2 rings (SSSR count). The van der Waals surface area contributed by atoms with Gasteiger partial charge in [-0.25, -0.2) is 0 Å². The second kappa shape index (κ2) is 2.16. The van der Waals surface area contributed by atoms with Gasteiger partial charge in [-0.2, -0.15) is 0 Å². The lowest BCUT2D eigenvalue weighted by atomic mass is 9.71. The Labute approximate surface area is 74.3 Å². The molecule has 0 aromatic carbocycles. The first-order chi connectivity index (χ1) is 5.12.